The van der Waals surface area contributed by atoms with Gasteiger partial charge >= 0.3 is 0 Å². The van der Waals surface area contributed by atoms with Gasteiger partial charge in [0.25, 0.3) is 11.6 Å². The van der Waals surface area contributed by atoms with Crippen LogP contribution in [0.4, 0.5) is 17.1 Å². The predicted octanol–water partition coefficient (Wildman–Crippen LogP) is 2.70. The van der Waals surface area contributed by atoms with Gasteiger partial charge in [0.05, 0.1) is 43.6 Å². The van der Waals surface area contributed by atoms with Gasteiger partial charge in [-0.25, -0.2) is 0 Å². The molecule has 3 rings (SSSR count). The Labute approximate surface area is 162 Å². The average Bonchev–Trinajstić information content (AvgIpc) is 2.73. The highest BCUT2D eigenvalue weighted by atomic mass is 16.6. The molecule has 2 aromatic carbocycles. The van der Waals surface area contributed by atoms with Crippen molar-refractivity contribution in [2.45, 2.75) is 0 Å². The molecule has 0 aromatic heterocycles. The first-order valence-electron chi connectivity index (χ1n) is 8.68. The molecule has 0 unspecified atom stereocenters. The smallest absolute Gasteiger partial charge is 0.270 e. The van der Waals surface area contributed by atoms with Crippen LogP contribution in [0.5, 0.6) is 11.5 Å². The Bertz CT molecular complexity index is 880. The normalized spacial score (nSPS) is 13.7. The fraction of sp³-hybridized carbons (Fsp3) is 0.316. The van der Waals surface area contributed by atoms with E-state index in [1.54, 1.807) is 24.3 Å². The molecular weight excluding hydrogens is 366 g/mol. The largest absolute Gasteiger partial charge is 0.493 e. The second-order valence-electron chi connectivity index (χ2n) is 6.08. The fourth-order valence-corrected chi connectivity index (χ4v) is 3.01. The molecule has 0 spiro atoms. The van der Waals surface area contributed by atoms with Gasteiger partial charge < -0.3 is 24.4 Å². The summed E-state index contributed by atoms with van der Waals surface area (Å²) in [5, 5.41) is 14.0. The average molecular weight is 387 g/mol. The number of carbonyl (C=O) groups is 1. The van der Waals surface area contributed by atoms with Crippen molar-refractivity contribution in [2.24, 2.45) is 0 Å². The highest BCUT2D eigenvalue weighted by Crippen LogP contribution is 2.31. The first kappa shape index (κ1) is 19.4. The molecule has 9 nitrogen and oxygen atoms in total. The summed E-state index contributed by atoms with van der Waals surface area (Å²) in [7, 11) is 3.02. The summed E-state index contributed by atoms with van der Waals surface area (Å²) in [6.45, 7) is 2.28. The molecule has 1 N–H and O–H groups in total. The molecule has 2 aromatic rings. The number of hydrogen-bond donors (Lipinski definition) is 1. The summed E-state index contributed by atoms with van der Waals surface area (Å²) >= 11 is 0. The summed E-state index contributed by atoms with van der Waals surface area (Å²) in [6.07, 6.45) is 0. The number of nitro benzene ring substituents is 1. The molecule has 1 heterocycles. The third-order valence-corrected chi connectivity index (χ3v) is 4.43. The summed E-state index contributed by atoms with van der Waals surface area (Å²) in [6, 6.07) is 9.27. The zero-order valence-corrected chi connectivity index (χ0v) is 15.6. The van der Waals surface area contributed by atoms with E-state index in [9.17, 15) is 14.9 Å². The standard InChI is InChI=1S/C19H21N3O6/c1-26-17-6-3-13(11-18(17)27-2)20-19(23)15-12-14(22(24)25)4-5-16(15)21-7-9-28-10-8-21/h3-6,11-12H,7-10H2,1-2H3,(H,20,23). The quantitative estimate of drug-likeness (QED) is 0.600. The zero-order valence-electron chi connectivity index (χ0n) is 15.6. The number of hydrogen-bond acceptors (Lipinski definition) is 7. The van der Waals surface area contributed by atoms with Crippen LogP contribution in [0.15, 0.2) is 36.4 Å². The Morgan fingerprint density at radius 3 is 2.46 bits per heavy atom. The van der Waals surface area contributed by atoms with E-state index in [-0.39, 0.29) is 11.3 Å². The molecule has 1 aliphatic rings. The van der Waals surface area contributed by atoms with Crippen LogP contribution in [-0.2, 0) is 4.74 Å². The molecule has 1 aliphatic heterocycles. The lowest BCUT2D eigenvalue weighted by Gasteiger charge is -2.30. The molecule has 28 heavy (non-hydrogen) atoms. The minimum absolute atomic E-state index is 0.144. The number of anilines is 2. The van der Waals surface area contributed by atoms with Crippen molar-refractivity contribution in [3.63, 3.8) is 0 Å². The highest BCUT2D eigenvalue weighted by molar-refractivity contribution is 6.08. The number of benzene rings is 2. The number of ether oxygens (including phenoxy) is 3. The van der Waals surface area contributed by atoms with Crippen LogP contribution in [0.3, 0.4) is 0 Å². The van der Waals surface area contributed by atoms with Crippen molar-refractivity contribution >= 4 is 23.0 Å². The van der Waals surface area contributed by atoms with Crippen molar-refractivity contribution in [1.82, 2.24) is 0 Å². The molecule has 148 valence electrons. The lowest BCUT2D eigenvalue weighted by molar-refractivity contribution is -0.384. The third kappa shape index (κ3) is 4.15. The topological polar surface area (TPSA) is 103 Å². The number of carbonyl (C=O) groups excluding carboxylic acids is 1. The monoisotopic (exact) mass is 387 g/mol. The van der Waals surface area contributed by atoms with Crippen molar-refractivity contribution in [1.29, 1.82) is 0 Å². The summed E-state index contributed by atoms with van der Waals surface area (Å²) in [4.78, 5) is 25.6. The number of nitrogens with one attached hydrogen (secondary N) is 1. The SMILES string of the molecule is COc1ccc(NC(=O)c2cc([N+](=O)[O-])ccc2N2CCOCC2)cc1OC. The molecule has 0 aliphatic carbocycles. The molecule has 1 saturated heterocycles. The number of morpholine rings is 1. The molecule has 1 amide bonds. The number of rotatable bonds is 6. The van der Waals surface area contributed by atoms with E-state index in [1.165, 1.54) is 26.4 Å². The van der Waals surface area contributed by atoms with Gasteiger partial charge in [-0.2, -0.15) is 0 Å². The van der Waals surface area contributed by atoms with Crippen LogP contribution in [0, 0.1) is 10.1 Å². The van der Waals surface area contributed by atoms with Crippen LogP contribution in [0.2, 0.25) is 0 Å². The van der Waals surface area contributed by atoms with Gasteiger partial charge in [0.1, 0.15) is 0 Å². The molecule has 0 atom stereocenters. The summed E-state index contributed by atoms with van der Waals surface area (Å²) in [5.41, 5.74) is 1.20. The molecule has 0 bridgehead atoms. The maximum absolute atomic E-state index is 12.9. The number of nitrogens with zero attached hydrogens (tertiary/aromatic N) is 2. The molecule has 0 radical (unpaired) electrons. The van der Waals surface area contributed by atoms with Gasteiger partial charge in [0.2, 0.25) is 0 Å². The first-order valence-corrected chi connectivity index (χ1v) is 8.68. The van der Waals surface area contributed by atoms with E-state index in [0.29, 0.717) is 49.2 Å². The number of non-ortho nitro benzene ring substituents is 1. The minimum Gasteiger partial charge on any atom is -0.493 e. The Kier molecular flexibility index (Phi) is 5.95. The van der Waals surface area contributed by atoms with Gasteiger partial charge in [0, 0.05) is 37.0 Å². The number of nitro groups is 1. The van der Waals surface area contributed by atoms with Crippen LogP contribution in [0.1, 0.15) is 10.4 Å². The van der Waals surface area contributed by atoms with E-state index in [4.69, 9.17) is 14.2 Å². The molecular formula is C19H21N3O6. The zero-order chi connectivity index (χ0) is 20.1. The Balaban J connectivity index is 1.92. The highest BCUT2D eigenvalue weighted by Gasteiger charge is 2.22. The van der Waals surface area contributed by atoms with Gasteiger partial charge in [-0.05, 0) is 18.2 Å². The maximum Gasteiger partial charge on any atom is 0.270 e. The van der Waals surface area contributed by atoms with Gasteiger partial charge in [-0.1, -0.05) is 0 Å². The number of methoxy groups -OCH3 is 2. The predicted molar refractivity (Wildman–Crippen MR) is 104 cm³/mol. The lowest BCUT2D eigenvalue weighted by atomic mass is 10.1. The second kappa shape index (κ2) is 8.57. The minimum atomic E-state index is -0.518. The summed E-state index contributed by atoms with van der Waals surface area (Å²) < 4.78 is 15.8. The maximum atomic E-state index is 12.9. The van der Waals surface area contributed by atoms with Gasteiger partial charge in [-0.3, -0.25) is 14.9 Å². The van der Waals surface area contributed by atoms with Crippen molar-refractivity contribution in [3.8, 4) is 11.5 Å². The second-order valence-corrected chi connectivity index (χ2v) is 6.08. The van der Waals surface area contributed by atoms with Crippen molar-refractivity contribution < 1.29 is 23.9 Å². The van der Waals surface area contributed by atoms with Gasteiger partial charge in [0.15, 0.2) is 11.5 Å². The third-order valence-electron chi connectivity index (χ3n) is 4.43. The van der Waals surface area contributed by atoms with E-state index in [2.05, 4.69) is 5.32 Å². The first-order chi connectivity index (χ1) is 13.5. The van der Waals surface area contributed by atoms with E-state index >= 15 is 0 Å². The van der Waals surface area contributed by atoms with E-state index in [1.807, 2.05) is 4.90 Å². The Morgan fingerprint density at radius 1 is 1.11 bits per heavy atom. The van der Waals surface area contributed by atoms with Crippen LogP contribution in [-0.4, -0.2) is 51.4 Å². The molecule has 9 heteroatoms. The van der Waals surface area contributed by atoms with E-state index in [0.717, 1.165) is 0 Å². The Morgan fingerprint density at radius 2 is 1.82 bits per heavy atom. The molecule has 0 saturated carbocycles. The summed E-state index contributed by atoms with van der Waals surface area (Å²) in [5.74, 6) is 0.551. The van der Waals surface area contributed by atoms with Gasteiger partial charge in [-0.15, -0.1) is 0 Å². The van der Waals surface area contributed by atoms with Crippen molar-refractivity contribution in [3.05, 3.63) is 52.1 Å². The van der Waals surface area contributed by atoms with Crippen molar-refractivity contribution in [2.75, 3.05) is 50.7 Å². The van der Waals surface area contributed by atoms with Crippen LogP contribution < -0.4 is 19.7 Å². The fourth-order valence-electron chi connectivity index (χ4n) is 3.01. The molecule has 1 fully saturated rings. The number of amides is 1. The van der Waals surface area contributed by atoms with E-state index < -0.39 is 10.8 Å². The van der Waals surface area contributed by atoms with Crippen LogP contribution in [0.25, 0.3) is 0 Å². The van der Waals surface area contributed by atoms with Crippen LogP contribution >= 0.6 is 0 Å². The Hall–Kier alpha value is -3.33. The lowest BCUT2D eigenvalue weighted by Crippen LogP contribution is -2.37.